The topological polar surface area (TPSA) is 41.2 Å². The maximum atomic E-state index is 13.3. The van der Waals surface area contributed by atoms with Crippen LogP contribution in [0.25, 0.3) is 11.0 Å². The van der Waals surface area contributed by atoms with Crippen molar-refractivity contribution in [1.29, 1.82) is 0 Å². The highest BCUT2D eigenvalue weighted by molar-refractivity contribution is 5.80. The summed E-state index contributed by atoms with van der Waals surface area (Å²) in [6, 6.07) is 2.97. The van der Waals surface area contributed by atoms with Gasteiger partial charge in [0.05, 0.1) is 23.8 Å². The number of imidazole rings is 1. The van der Waals surface area contributed by atoms with Crippen molar-refractivity contribution < 1.29 is 17.9 Å². The predicted octanol–water partition coefficient (Wildman–Crippen LogP) is 3.11. The van der Waals surface area contributed by atoms with Gasteiger partial charge in [-0.15, -0.1) is 0 Å². The molecule has 0 unspecified atom stereocenters. The van der Waals surface area contributed by atoms with Gasteiger partial charge in [0.25, 0.3) is 0 Å². The third-order valence-corrected chi connectivity index (χ3v) is 3.80. The van der Waals surface area contributed by atoms with Crippen molar-refractivity contribution in [3.05, 3.63) is 29.1 Å². The summed E-state index contributed by atoms with van der Waals surface area (Å²) in [5.41, 5.74) is 0.385. The average Bonchev–Trinajstić information content (AvgIpc) is 2.76. The zero-order chi connectivity index (χ0) is 15.9. The molecule has 22 heavy (non-hydrogen) atoms. The lowest BCUT2D eigenvalue weighted by molar-refractivity contribution is -0.136. The Kier molecular flexibility index (Phi) is 3.86. The Hall–Kier alpha value is -1.60. The minimum Gasteiger partial charge on any atom is -0.376 e. The van der Waals surface area contributed by atoms with E-state index in [1.165, 1.54) is 6.07 Å². The molecule has 0 aliphatic carbocycles. The van der Waals surface area contributed by atoms with Crippen LogP contribution in [0.1, 0.15) is 23.9 Å². The number of rotatable bonds is 2. The smallest absolute Gasteiger partial charge is 0.376 e. The highest BCUT2D eigenvalue weighted by Crippen LogP contribution is 2.35. The summed E-state index contributed by atoms with van der Waals surface area (Å²) in [5.74, 6) is 0.484. The van der Waals surface area contributed by atoms with Crippen LogP contribution in [-0.2, 0) is 17.5 Å². The van der Waals surface area contributed by atoms with Gasteiger partial charge in [-0.05, 0) is 31.5 Å². The summed E-state index contributed by atoms with van der Waals surface area (Å²) in [5, 5.41) is 0. The zero-order valence-corrected chi connectivity index (χ0v) is 12.5. The molecule has 1 saturated heterocycles. The van der Waals surface area contributed by atoms with Gasteiger partial charge in [-0.25, -0.2) is 4.98 Å². The van der Waals surface area contributed by atoms with E-state index in [4.69, 9.17) is 4.74 Å². The van der Waals surface area contributed by atoms with Crippen LogP contribution in [0, 0.1) is 6.92 Å². The molecule has 1 aromatic carbocycles. The van der Waals surface area contributed by atoms with E-state index < -0.39 is 11.7 Å². The van der Waals surface area contributed by atoms with Gasteiger partial charge < -0.3 is 9.72 Å². The molecule has 4 nitrogen and oxygen atoms in total. The molecule has 1 N–H and O–H groups in total. The summed E-state index contributed by atoms with van der Waals surface area (Å²) in [7, 11) is 0. The minimum atomic E-state index is -4.41. The highest BCUT2D eigenvalue weighted by Gasteiger charge is 2.34. The second-order valence-electron chi connectivity index (χ2n) is 5.78. The number of fused-ring (bicyclic) bond motifs is 1. The third kappa shape index (κ3) is 3.10. The molecule has 2 aromatic rings. The summed E-state index contributed by atoms with van der Waals surface area (Å²) in [6.07, 6.45) is -4.30. The summed E-state index contributed by atoms with van der Waals surface area (Å²) < 4.78 is 45.2. The Morgan fingerprint density at radius 3 is 2.86 bits per heavy atom. The van der Waals surface area contributed by atoms with E-state index in [0.717, 1.165) is 13.1 Å². The number of nitrogens with one attached hydrogen (secondary N) is 1. The van der Waals surface area contributed by atoms with E-state index in [1.54, 1.807) is 13.0 Å². The molecule has 2 heterocycles. The number of aromatic amines is 1. The standard InChI is InChI=1S/C15H18F3N3O/c1-9-7-21(3-4-22-9)8-11-5-12(15(16,17)18)14-13(6-11)19-10(2)20-14/h5-6,9H,3-4,7-8H2,1-2H3,(H,19,20)/t9-/m0/s1. The van der Waals surface area contributed by atoms with E-state index in [1.807, 2.05) is 6.92 Å². The number of ether oxygens (including phenoxy) is 1. The number of alkyl halides is 3. The van der Waals surface area contributed by atoms with Crippen LogP contribution in [-0.4, -0.2) is 40.7 Å². The molecule has 7 heteroatoms. The number of nitrogens with zero attached hydrogens (tertiary/aromatic N) is 2. The Labute approximate surface area is 126 Å². The van der Waals surface area contributed by atoms with Crippen molar-refractivity contribution in [2.24, 2.45) is 0 Å². The Bertz CT molecular complexity index is 680. The maximum absolute atomic E-state index is 13.3. The molecule has 120 valence electrons. The molecule has 1 atom stereocenters. The number of morpholine rings is 1. The van der Waals surface area contributed by atoms with E-state index in [9.17, 15) is 13.2 Å². The number of hydrogen-bond donors (Lipinski definition) is 1. The van der Waals surface area contributed by atoms with Crippen LogP contribution in [0.15, 0.2) is 12.1 Å². The van der Waals surface area contributed by atoms with Crippen LogP contribution >= 0.6 is 0 Å². The van der Waals surface area contributed by atoms with Crippen molar-refractivity contribution in [3.63, 3.8) is 0 Å². The van der Waals surface area contributed by atoms with Crippen LogP contribution in [0.3, 0.4) is 0 Å². The number of aromatic nitrogens is 2. The number of H-pyrrole nitrogens is 1. The van der Waals surface area contributed by atoms with Crippen molar-refractivity contribution in [2.75, 3.05) is 19.7 Å². The van der Waals surface area contributed by atoms with E-state index in [2.05, 4.69) is 14.9 Å². The lowest BCUT2D eigenvalue weighted by Gasteiger charge is -2.31. The van der Waals surface area contributed by atoms with E-state index in [-0.39, 0.29) is 11.6 Å². The van der Waals surface area contributed by atoms with Crippen LogP contribution in [0.4, 0.5) is 13.2 Å². The Balaban J connectivity index is 1.96. The zero-order valence-electron chi connectivity index (χ0n) is 12.5. The van der Waals surface area contributed by atoms with Gasteiger partial charge >= 0.3 is 6.18 Å². The fraction of sp³-hybridized carbons (Fsp3) is 0.533. The van der Waals surface area contributed by atoms with Gasteiger partial charge in [0, 0.05) is 19.6 Å². The molecule has 0 amide bonds. The molecule has 0 spiro atoms. The van der Waals surface area contributed by atoms with Gasteiger partial charge in [-0.2, -0.15) is 13.2 Å². The first-order valence-electron chi connectivity index (χ1n) is 7.23. The van der Waals surface area contributed by atoms with Gasteiger partial charge in [0.1, 0.15) is 11.3 Å². The second-order valence-corrected chi connectivity index (χ2v) is 5.78. The molecule has 0 saturated carbocycles. The lowest BCUT2D eigenvalue weighted by atomic mass is 10.1. The maximum Gasteiger partial charge on any atom is 0.418 e. The first-order valence-corrected chi connectivity index (χ1v) is 7.23. The number of benzene rings is 1. The van der Waals surface area contributed by atoms with E-state index >= 15 is 0 Å². The molecule has 1 aromatic heterocycles. The Morgan fingerprint density at radius 1 is 1.41 bits per heavy atom. The fourth-order valence-corrected chi connectivity index (χ4v) is 2.90. The van der Waals surface area contributed by atoms with Gasteiger partial charge in [-0.3, -0.25) is 4.90 Å². The highest BCUT2D eigenvalue weighted by atomic mass is 19.4. The lowest BCUT2D eigenvalue weighted by Crippen LogP contribution is -2.40. The number of halogens is 3. The first-order chi connectivity index (χ1) is 10.3. The van der Waals surface area contributed by atoms with Crippen molar-refractivity contribution in [3.8, 4) is 0 Å². The number of hydrogen-bond acceptors (Lipinski definition) is 3. The van der Waals surface area contributed by atoms with Crippen LogP contribution in [0.2, 0.25) is 0 Å². The minimum absolute atomic E-state index is 0.0101. The third-order valence-electron chi connectivity index (χ3n) is 3.80. The van der Waals surface area contributed by atoms with Crippen LogP contribution in [0.5, 0.6) is 0 Å². The fourth-order valence-electron chi connectivity index (χ4n) is 2.90. The molecule has 0 radical (unpaired) electrons. The predicted molar refractivity (Wildman–Crippen MR) is 76.5 cm³/mol. The first kappa shape index (κ1) is 15.3. The monoisotopic (exact) mass is 313 g/mol. The van der Waals surface area contributed by atoms with Crippen LogP contribution < -0.4 is 0 Å². The molecular formula is C15H18F3N3O. The molecule has 1 fully saturated rings. The van der Waals surface area contributed by atoms with Crippen molar-refractivity contribution in [1.82, 2.24) is 14.9 Å². The molecular weight excluding hydrogens is 295 g/mol. The largest absolute Gasteiger partial charge is 0.418 e. The number of aryl methyl sites for hydroxylation is 1. The molecule has 0 bridgehead atoms. The van der Waals surface area contributed by atoms with Gasteiger partial charge in [-0.1, -0.05) is 0 Å². The summed E-state index contributed by atoms with van der Waals surface area (Å²) in [6.45, 7) is 6.16. The molecule has 3 rings (SSSR count). The van der Waals surface area contributed by atoms with Crippen molar-refractivity contribution in [2.45, 2.75) is 32.7 Å². The quantitative estimate of drug-likeness (QED) is 0.926. The summed E-state index contributed by atoms with van der Waals surface area (Å²) >= 11 is 0. The Morgan fingerprint density at radius 2 is 2.18 bits per heavy atom. The normalized spacial score (nSPS) is 20.7. The van der Waals surface area contributed by atoms with Gasteiger partial charge in [0.2, 0.25) is 0 Å². The molecule has 1 aliphatic heterocycles. The SMILES string of the molecule is Cc1nc2c(C(F)(F)F)cc(CN3CCO[C@@H](C)C3)cc2[nH]1. The molecule has 1 aliphatic rings. The average molecular weight is 313 g/mol. The summed E-state index contributed by atoms with van der Waals surface area (Å²) in [4.78, 5) is 8.98. The second kappa shape index (κ2) is 5.55. The van der Waals surface area contributed by atoms with Gasteiger partial charge in [0.15, 0.2) is 0 Å². The van der Waals surface area contributed by atoms with E-state index in [0.29, 0.717) is 30.1 Å². The van der Waals surface area contributed by atoms with Crippen molar-refractivity contribution >= 4 is 11.0 Å².